The molecule has 0 saturated heterocycles. The van der Waals surface area contributed by atoms with E-state index in [1.165, 1.54) is 49.5 Å². The highest BCUT2D eigenvalue weighted by Gasteiger charge is 2.24. The SMILES string of the molecule is COc1cc(/C=C\C(=O)O)cc(S(=O)(=O)Nc2cccc(C(=O)N(C)C)c2)c1OC. The van der Waals surface area contributed by atoms with Crippen molar-refractivity contribution in [3.8, 4) is 11.5 Å². The van der Waals surface area contributed by atoms with Gasteiger partial charge in [0.1, 0.15) is 4.90 Å². The van der Waals surface area contributed by atoms with E-state index in [2.05, 4.69) is 4.72 Å². The predicted octanol–water partition coefficient (Wildman–Crippen LogP) is 2.30. The summed E-state index contributed by atoms with van der Waals surface area (Å²) in [6, 6.07) is 8.75. The van der Waals surface area contributed by atoms with Crippen molar-refractivity contribution < 1.29 is 32.6 Å². The summed E-state index contributed by atoms with van der Waals surface area (Å²) in [6.07, 6.45) is 2.11. The number of carboxylic acid groups (broad SMARTS) is 1. The minimum absolute atomic E-state index is 0.0435. The van der Waals surface area contributed by atoms with E-state index < -0.39 is 16.0 Å². The maximum Gasteiger partial charge on any atom is 0.328 e. The summed E-state index contributed by atoms with van der Waals surface area (Å²) in [4.78, 5) is 24.1. The number of hydrogen-bond donors (Lipinski definition) is 2. The number of ether oxygens (including phenoxy) is 2. The Morgan fingerprint density at radius 1 is 1.10 bits per heavy atom. The van der Waals surface area contributed by atoms with Crippen molar-refractivity contribution in [3.63, 3.8) is 0 Å². The molecule has 0 bridgehead atoms. The highest BCUT2D eigenvalue weighted by molar-refractivity contribution is 7.92. The number of sulfonamides is 1. The molecule has 1 amide bonds. The van der Waals surface area contributed by atoms with Crippen LogP contribution in [0, 0.1) is 0 Å². The van der Waals surface area contributed by atoms with Crippen LogP contribution in [0.25, 0.3) is 6.08 Å². The predicted molar refractivity (Wildman–Crippen MR) is 111 cm³/mol. The number of hydrogen-bond acceptors (Lipinski definition) is 6. The molecule has 0 aromatic heterocycles. The van der Waals surface area contributed by atoms with Gasteiger partial charge in [0.25, 0.3) is 15.9 Å². The van der Waals surface area contributed by atoms with E-state index in [1.807, 2.05) is 0 Å². The quantitative estimate of drug-likeness (QED) is 0.611. The van der Waals surface area contributed by atoms with E-state index >= 15 is 0 Å². The third-order valence-electron chi connectivity index (χ3n) is 3.94. The van der Waals surface area contributed by atoms with E-state index in [-0.39, 0.29) is 33.6 Å². The third-order valence-corrected chi connectivity index (χ3v) is 5.33. The Kier molecular flexibility index (Phi) is 7.06. The molecular weight excluding hydrogens is 412 g/mol. The number of carbonyl (C=O) groups excluding carboxylic acids is 1. The molecule has 0 spiro atoms. The zero-order chi connectivity index (χ0) is 22.5. The van der Waals surface area contributed by atoms with Crippen LogP contribution in [0.3, 0.4) is 0 Å². The largest absolute Gasteiger partial charge is 0.493 e. The molecule has 0 radical (unpaired) electrons. The van der Waals surface area contributed by atoms with E-state index in [0.29, 0.717) is 5.56 Å². The van der Waals surface area contributed by atoms with Crippen LogP contribution in [0.2, 0.25) is 0 Å². The van der Waals surface area contributed by atoms with Gasteiger partial charge in [0.15, 0.2) is 11.5 Å². The zero-order valence-electron chi connectivity index (χ0n) is 16.9. The maximum absolute atomic E-state index is 13.1. The van der Waals surface area contributed by atoms with E-state index in [4.69, 9.17) is 14.6 Å². The lowest BCUT2D eigenvalue weighted by molar-refractivity contribution is -0.131. The van der Waals surface area contributed by atoms with Gasteiger partial charge in [0.05, 0.1) is 14.2 Å². The van der Waals surface area contributed by atoms with Crippen LogP contribution in [-0.2, 0) is 14.8 Å². The number of rotatable bonds is 8. The van der Waals surface area contributed by atoms with E-state index in [0.717, 1.165) is 6.08 Å². The van der Waals surface area contributed by atoms with Crippen molar-refractivity contribution in [1.82, 2.24) is 4.90 Å². The Morgan fingerprint density at radius 2 is 1.80 bits per heavy atom. The molecule has 0 aliphatic rings. The lowest BCUT2D eigenvalue weighted by Crippen LogP contribution is -2.22. The number of aliphatic carboxylic acids is 1. The lowest BCUT2D eigenvalue weighted by Gasteiger charge is -2.16. The molecule has 0 unspecified atom stereocenters. The molecule has 30 heavy (non-hydrogen) atoms. The molecule has 2 N–H and O–H groups in total. The molecule has 0 saturated carbocycles. The highest BCUT2D eigenvalue weighted by atomic mass is 32.2. The van der Waals surface area contributed by atoms with Crippen molar-refractivity contribution >= 4 is 33.7 Å². The second-order valence-electron chi connectivity index (χ2n) is 6.31. The van der Waals surface area contributed by atoms with Gasteiger partial charge in [-0.3, -0.25) is 9.52 Å². The number of anilines is 1. The molecule has 10 heteroatoms. The smallest absolute Gasteiger partial charge is 0.328 e. The first-order chi connectivity index (χ1) is 14.1. The van der Waals surface area contributed by atoms with Crippen molar-refractivity contribution in [2.75, 3.05) is 33.0 Å². The molecule has 0 aliphatic carbocycles. The average Bonchev–Trinajstić information content (AvgIpc) is 2.70. The monoisotopic (exact) mass is 434 g/mol. The number of nitrogens with zero attached hydrogens (tertiary/aromatic N) is 1. The molecular formula is C20H22N2O7S. The van der Waals surface area contributed by atoms with Gasteiger partial charge in [-0.25, -0.2) is 13.2 Å². The molecule has 0 aliphatic heterocycles. The Balaban J connectivity index is 2.53. The summed E-state index contributed by atoms with van der Waals surface area (Å²) in [5.74, 6) is -1.40. The van der Waals surface area contributed by atoms with E-state index in [9.17, 15) is 18.0 Å². The van der Waals surface area contributed by atoms with Gasteiger partial charge in [0.2, 0.25) is 0 Å². The fourth-order valence-electron chi connectivity index (χ4n) is 2.60. The highest BCUT2D eigenvalue weighted by Crippen LogP contribution is 2.37. The number of carbonyl (C=O) groups is 2. The first-order valence-electron chi connectivity index (χ1n) is 8.60. The zero-order valence-corrected chi connectivity index (χ0v) is 17.7. The number of carboxylic acids is 1. The second kappa shape index (κ2) is 9.31. The Labute approximate surface area is 174 Å². The summed E-state index contributed by atoms with van der Waals surface area (Å²) in [5.41, 5.74) is 0.769. The first kappa shape index (κ1) is 22.8. The van der Waals surface area contributed by atoms with Crippen LogP contribution in [0.15, 0.2) is 47.4 Å². The van der Waals surface area contributed by atoms with Crippen LogP contribution in [-0.4, -0.2) is 58.6 Å². The normalized spacial score (nSPS) is 11.2. The minimum Gasteiger partial charge on any atom is -0.493 e. The molecule has 0 atom stereocenters. The summed E-state index contributed by atoms with van der Waals surface area (Å²) >= 11 is 0. The third kappa shape index (κ3) is 5.29. The van der Waals surface area contributed by atoms with Crippen LogP contribution in [0.1, 0.15) is 15.9 Å². The summed E-state index contributed by atoms with van der Waals surface area (Å²) < 4.78 is 39.0. The van der Waals surface area contributed by atoms with Crippen LogP contribution in [0.5, 0.6) is 11.5 Å². The summed E-state index contributed by atoms with van der Waals surface area (Å²) in [6.45, 7) is 0. The lowest BCUT2D eigenvalue weighted by atomic mass is 10.2. The van der Waals surface area contributed by atoms with Crippen LogP contribution < -0.4 is 14.2 Å². The number of amides is 1. The molecule has 2 aromatic carbocycles. The Morgan fingerprint density at radius 3 is 2.37 bits per heavy atom. The molecule has 2 rings (SSSR count). The van der Waals surface area contributed by atoms with Gasteiger partial charge in [-0.1, -0.05) is 6.07 Å². The van der Waals surface area contributed by atoms with Gasteiger partial charge in [-0.15, -0.1) is 0 Å². The van der Waals surface area contributed by atoms with Gasteiger partial charge >= 0.3 is 5.97 Å². The molecule has 2 aromatic rings. The molecule has 160 valence electrons. The van der Waals surface area contributed by atoms with Crippen molar-refractivity contribution in [2.45, 2.75) is 4.90 Å². The fraction of sp³-hybridized carbons (Fsp3) is 0.200. The Bertz CT molecular complexity index is 1090. The van der Waals surface area contributed by atoms with Gasteiger partial charge < -0.3 is 19.5 Å². The summed E-state index contributed by atoms with van der Waals surface area (Å²) in [5, 5.41) is 8.83. The average molecular weight is 434 g/mol. The first-order valence-corrected chi connectivity index (χ1v) is 10.1. The van der Waals surface area contributed by atoms with Crippen molar-refractivity contribution in [3.05, 3.63) is 53.6 Å². The number of nitrogens with one attached hydrogen (secondary N) is 1. The number of methoxy groups -OCH3 is 2. The molecule has 9 nitrogen and oxygen atoms in total. The maximum atomic E-state index is 13.1. The fourth-order valence-corrected chi connectivity index (χ4v) is 3.86. The second-order valence-corrected chi connectivity index (χ2v) is 7.96. The number of benzene rings is 2. The van der Waals surface area contributed by atoms with Crippen molar-refractivity contribution in [1.29, 1.82) is 0 Å². The molecule has 0 fully saturated rings. The standard InChI is InChI=1S/C20H22N2O7S/c1-22(2)20(25)14-6-5-7-15(12-14)21-30(26,27)17-11-13(8-9-18(23)24)10-16(28-3)19(17)29-4/h5-12,21H,1-4H3,(H,23,24)/b9-8-. The topological polar surface area (TPSA) is 122 Å². The van der Waals surface area contributed by atoms with Crippen LogP contribution in [0.4, 0.5) is 5.69 Å². The minimum atomic E-state index is -4.17. The Hall–Kier alpha value is -3.53. The van der Waals surface area contributed by atoms with Gasteiger partial charge in [-0.2, -0.15) is 0 Å². The molecule has 0 heterocycles. The van der Waals surface area contributed by atoms with E-state index in [1.54, 1.807) is 26.2 Å². The summed E-state index contributed by atoms with van der Waals surface area (Å²) in [7, 11) is 1.63. The van der Waals surface area contributed by atoms with Crippen LogP contribution >= 0.6 is 0 Å². The van der Waals surface area contributed by atoms with Gasteiger partial charge in [0, 0.05) is 31.4 Å². The van der Waals surface area contributed by atoms with Gasteiger partial charge in [-0.05, 0) is 42.0 Å². The van der Waals surface area contributed by atoms with Crippen molar-refractivity contribution in [2.24, 2.45) is 0 Å².